The van der Waals surface area contributed by atoms with Crippen molar-refractivity contribution in [2.45, 2.75) is 13.8 Å². The van der Waals surface area contributed by atoms with Gasteiger partial charge in [0, 0.05) is 16.9 Å². The third-order valence-electron chi connectivity index (χ3n) is 4.53. The van der Waals surface area contributed by atoms with Gasteiger partial charge in [0.25, 0.3) is 5.91 Å². The van der Waals surface area contributed by atoms with Crippen molar-refractivity contribution in [3.63, 3.8) is 0 Å². The van der Waals surface area contributed by atoms with Crippen molar-refractivity contribution in [2.24, 2.45) is 4.99 Å². The zero-order chi connectivity index (χ0) is 21.0. The van der Waals surface area contributed by atoms with Gasteiger partial charge in [-0.25, -0.2) is 4.99 Å². The van der Waals surface area contributed by atoms with Gasteiger partial charge in [-0.3, -0.25) is 4.79 Å². The Morgan fingerprint density at radius 3 is 2.62 bits per heavy atom. The molecule has 1 aliphatic heterocycles. The van der Waals surface area contributed by atoms with Crippen molar-refractivity contribution < 1.29 is 9.53 Å². The van der Waals surface area contributed by atoms with Gasteiger partial charge in [0.15, 0.2) is 0 Å². The molecule has 29 heavy (non-hydrogen) atoms. The summed E-state index contributed by atoms with van der Waals surface area (Å²) in [5.41, 5.74) is 4.17. The van der Waals surface area contributed by atoms with Gasteiger partial charge in [0.05, 0.1) is 18.2 Å². The second-order valence-electron chi connectivity index (χ2n) is 6.65. The Hall–Kier alpha value is -3.36. The second kappa shape index (κ2) is 8.76. The van der Waals surface area contributed by atoms with Crippen molar-refractivity contribution >= 4 is 29.1 Å². The molecule has 1 saturated heterocycles. The summed E-state index contributed by atoms with van der Waals surface area (Å²) in [6.07, 6.45) is 1.37. The predicted octanol–water partition coefficient (Wildman–Crippen LogP) is 5.12. The lowest BCUT2D eigenvalue weighted by atomic mass is 10.00. The van der Waals surface area contributed by atoms with Crippen LogP contribution in [0.15, 0.2) is 71.4 Å². The number of nitrogens with zero attached hydrogens (tertiary/aromatic N) is 3. The number of rotatable bonds is 3. The third-order valence-corrected chi connectivity index (χ3v) is 4.76. The number of aliphatic imine (C=N–C) groups is 1. The van der Waals surface area contributed by atoms with Gasteiger partial charge in [-0.2, -0.15) is 5.26 Å². The Labute approximate surface area is 175 Å². The van der Waals surface area contributed by atoms with Crippen LogP contribution in [0.5, 0.6) is 0 Å². The highest BCUT2D eigenvalue weighted by Gasteiger charge is 2.29. The summed E-state index contributed by atoms with van der Waals surface area (Å²) in [4.78, 5) is 19.0. The van der Waals surface area contributed by atoms with E-state index in [4.69, 9.17) is 16.3 Å². The van der Waals surface area contributed by atoms with Gasteiger partial charge >= 0.3 is 0 Å². The van der Waals surface area contributed by atoms with E-state index in [2.05, 4.69) is 17.6 Å². The minimum Gasteiger partial charge on any atom is -0.475 e. The third kappa shape index (κ3) is 4.23. The van der Waals surface area contributed by atoms with E-state index in [1.54, 1.807) is 17.0 Å². The van der Waals surface area contributed by atoms with Gasteiger partial charge in [-0.15, -0.1) is 0 Å². The first kappa shape index (κ1) is 20.4. The van der Waals surface area contributed by atoms with Crippen LogP contribution in [0.1, 0.15) is 19.4 Å². The number of amides is 1. The maximum absolute atomic E-state index is 13.2. The van der Waals surface area contributed by atoms with Crippen LogP contribution < -0.4 is 4.90 Å². The fourth-order valence-corrected chi connectivity index (χ4v) is 3.35. The number of nitriles is 1. The Morgan fingerprint density at radius 2 is 2.00 bits per heavy atom. The van der Waals surface area contributed by atoms with Gasteiger partial charge < -0.3 is 9.64 Å². The monoisotopic (exact) mass is 405 g/mol. The van der Waals surface area contributed by atoms with Crippen molar-refractivity contribution in [3.05, 3.63) is 77.0 Å². The van der Waals surface area contributed by atoms with Crippen LogP contribution in [0.3, 0.4) is 0 Å². The van der Waals surface area contributed by atoms with Crippen LogP contribution in [-0.2, 0) is 9.53 Å². The van der Waals surface area contributed by atoms with Gasteiger partial charge in [-0.05, 0) is 49.2 Å². The first-order chi connectivity index (χ1) is 14.0. The number of allylic oxidation sites excluding steroid dienone is 1. The fraction of sp³-hybridized carbons (Fsp3) is 0.174. The zero-order valence-electron chi connectivity index (χ0n) is 16.3. The van der Waals surface area contributed by atoms with Crippen LogP contribution in [0.25, 0.3) is 11.1 Å². The molecular formula is C23H20ClN3O2. The molecule has 1 amide bonds. The quantitative estimate of drug-likeness (QED) is 0.665. The Kier molecular flexibility index (Phi) is 6.16. The van der Waals surface area contributed by atoms with Crippen LogP contribution in [0.4, 0.5) is 5.69 Å². The van der Waals surface area contributed by atoms with Crippen molar-refractivity contribution in [1.29, 1.82) is 5.26 Å². The molecule has 1 fully saturated rings. The van der Waals surface area contributed by atoms with E-state index in [9.17, 15) is 10.1 Å². The first-order valence-corrected chi connectivity index (χ1v) is 9.45. The minimum absolute atomic E-state index is 0.167. The Morgan fingerprint density at radius 1 is 1.28 bits per heavy atom. The van der Waals surface area contributed by atoms with E-state index >= 15 is 0 Å². The number of ether oxygens (including phenoxy) is 1. The van der Waals surface area contributed by atoms with Crippen molar-refractivity contribution in [3.8, 4) is 17.2 Å². The Balaban J connectivity index is 1.97. The highest BCUT2D eigenvalue weighted by Crippen LogP contribution is 2.29. The van der Waals surface area contributed by atoms with E-state index in [0.717, 1.165) is 22.4 Å². The number of halogens is 1. The van der Waals surface area contributed by atoms with Crippen LogP contribution in [-0.4, -0.2) is 25.0 Å². The van der Waals surface area contributed by atoms with E-state index in [1.165, 1.54) is 6.20 Å². The molecule has 0 atom stereocenters. The summed E-state index contributed by atoms with van der Waals surface area (Å²) in [5.74, 6) is 0.129. The highest BCUT2D eigenvalue weighted by molar-refractivity contribution is 6.30. The average Bonchev–Trinajstić information content (AvgIpc) is 2.87. The summed E-state index contributed by atoms with van der Waals surface area (Å²) in [7, 11) is 0. The molecule has 1 aliphatic rings. The van der Waals surface area contributed by atoms with Crippen molar-refractivity contribution in [2.75, 3.05) is 18.1 Å². The number of hydrogen-bond acceptors (Lipinski definition) is 4. The molecule has 0 spiro atoms. The summed E-state index contributed by atoms with van der Waals surface area (Å²) >= 11 is 5.99. The normalized spacial score (nSPS) is 15.5. The number of anilines is 1. The topological polar surface area (TPSA) is 65.7 Å². The van der Waals surface area contributed by atoms with Gasteiger partial charge in [-0.1, -0.05) is 42.0 Å². The molecule has 0 radical (unpaired) electrons. The number of carbonyl (C=O) groups excluding carboxylic acids is 1. The van der Waals surface area contributed by atoms with Crippen LogP contribution in [0, 0.1) is 11.3 Å². The lowest BCUT2D eigenvalue weighted by molar-refractivity contribution is -0.114. The molecule has 0 saturated carbocycles. The standard InChI is InChI=1S/C23H20ClN3O2/c1-4-26-22-21(15(2)3)23(28)27(11-12-29-22)19-8-5-16(6-9-19)20-10-7-18(24)13-17(20)14-25/h4-10,13H,1,11-12H2,2-3H3. The van der Waals surface area contributed by atoms with E-state index in [0.29, 0.717) is 35.2 Å². The van der Waals surface area contributed by atoms with E-state index in [1.807, 2.05) is 44.2 Å². The summed E-state index contributed by atoms with van der Waals surface area (Å²) < 4.78 is 5.68. The molecule has 1 heterocycles. The smallest absolute Gasteiger partial charge is 0.263 e. The fourth-order valence-electron chi connectivity index (χ4n) is 3.17. The lowest BCUT2D eigenvalue weighted by Crippen LogP contribution is -2.33. The Bertz CT molecular complexity index is 1060. The van der Waals surface area contributed by atoms with Gasteiger partial charge in [0.1, 0.15) is 12.2 Å². The molecule has 0 aliphatic carbocycles. The molecule has 2 aromatic rings. The minimum atomic E-state index is -0.167. The molecule has 0 unspecified atom stereocenters. The molecular weight excluding hydrogens is 386 g/mol. The molecule has 3 rings (SSSR count). The molecule has 0 N–H and O–H groups in total. The zero-order valence-corrected chi connectivity index (χ0v) is 17.0. The summed E-state index contributed by atoms with van der Waals surface area (Å²) in [6, 6.07) is 14.9. The molecule has 5 nitrogen and oxygen atoms in total. The maximum atomic E-state index is 13.2. The molecule has 0 aromatic heterocycles. The van der Waals surface area contributed by atoms with Crippen LogP contribution >= 0.6 is 11.6 Å². The number of carbonyl (C=O) groups is 1. The molecule has 146 valence electrons. The van der Waals surface area contributed by atoms with E-state index < -0.39 is 0 Å². The predicted molar refractivity (Wildman–Crippen MR) is 116 cm³/mol. The molecule has 6 heteroatoms. The SMILES string of the molecule is C=CN=C1OCCN(c2ccc(-c3ccc(Cl)cc3C#N)cc2)C(=O)C1=C(C)C. The van der Waals surface area contributed by atoms with Crippen LogP contribution in [0.2, 0.25) is 5.02 Å². The molecule has 2 aromatic carbocycles. The van der Waals surface area contributed by atoms with Crippen molar-refractivity contribution in [1.82, 2.24) is 0 Å². The summed E-state index contributed by atoms with van der Waals surface area (Å²) in [6.45, 7) is 8.02. The molecule has 0 bridgehead atoms. The van der Waals surface area contributed by atoms with E-state index in [-0.39, 0.29) is 5.91 Å². The first-order valence-electron chi connectivity index (χ1n) is 9.07. The number of hydrogen-bond donors (Lipinski definition) is 0. The highest BCUT2D eigenvalue weighted by atomic mass is 35.5. The number of benzene rings is 2. The second-order valence-corrected chi connectivity index (χ2v) is 7.08. The maximum Gasteiger partial charge on any atom is 0.263 e. The lowest BCUT2D eigenvalue weighted by Gasteiger charge is -2.21. The summed E-state index contributed by atoms with van der Waals surface area (Å²) in [5, 5.41) is 9.90. The average molecular weight is 406 g/mol. The van der Waals surface area contributed by atoms with Gasteiger partial charge in [0.2, 0.25) is 5.90 Å². The largest absolute Gasteiger partial charge is 0.475 e.